The van der Waals surface area contributed by atoms with E-state index in [0.717, 1.165) is 5.69 Å². The number of hydrogen-bond acceptors (Lipinski definition) is 5. The van der Waals surface area contributed by atoms with Gasteiger partial charge in [-0.1, -0.05) is 6.07 Å². The molecule has 0 aliphatic rings. The van der Waals surface area contributed by atoms with E-state index in [2.05, 4.69) is 10.5 Å². The van der Waals surface area contributed by atoms with Gasteiger partial charge in [-0.25, -0.2) is 4.68 Å². The molecule has 0 aliphatic carbocycles. The van der Waals surface area contributed by atoms with Crippen molar-refractivity contribution in [2.45, 2.75) is 6.92 Å². The highest BCUT2D eigenvalue weighted by molar-refractivity contribution is 5.70. The molecule has 0 radical (unpaired) electrons. The lowest BCUT2D eigenvalue weighted by molar-refractivity contribution is -0.383. The smallest absolute Gasteiger partial charge is 0.318 e. The number of nitro benzene ring substituents is 1. The Morgan fingerprint density at radius 3 is 2.76 bits per heavy atom. The normalized spacial score (nSPS) is 10.2. The van der Waals surface area contributed by atoms with Crippen LogP contribution in [0.2, 0.25) is 0 Å². The molecule has 17 heavy (non-hydrogen) atoms. The number of rotatable bonds is 3. The van der Waals surface area contributed by atoms with Gasteiger partial charge in [0.25, 0.3) is 0 Å². The third kappa shape index (κ3) is 1.95. The van der Waals surface area contributed by atoms with E-state index in [4.69, 9.17) is 5.84 Å². The van der Waals surface area contributed by atoms with Crippen LogP contribution < -0.4 is 11.3 Å². The zero-order valence-electron chi connectivity index (χ0n) is 9.12. The molecular weight excluding hydrogens is 222 g/mol. The molecule has 7 nitrogen and oxygen atoms in total. The van der Waals surface area contributed by atoms with E-state index in [1.54, 1.807) is 24.4 Å². The first-order valence-corrected chi connectivity index (χ1v) is 4.90. The lowest BCUT2D eigenvalue weighted by Crippen LogP contribution is -2.11. The van der Waals surface area contributed by atoms with Crippen molar-refractivity contribution in [2.75, 3.05) is 5.43 Å². The number of nitrogens with one attached hydrogen (secondary N) is 1. The Bertz CT molecular complexity index is 564. The summed E-state index contributed by atoms with van der Waals surface area (Å²) in [5, 5.41) is 15.2. The number of para-hydroxylation sites is 1. The second kappa shape index (κ2) is 4.22. The first-order valence-electron chi connectivity index (χ1n) is 4.90. The summed E-state index contributed by atoms with van der Waals surface area (Å²) in [6.45, 7) is 1.81. The Morgan fingerprint density at radius 1 is 1.47 bits per heavy atom. The van der Waals surface area contributed by atoms with E-state index in [-0.39, 0.29) is 11.4 Å². The van der Waals surface area contributed by atoms with Crippen LogP contribution in [0.3, 0.4) is 0 Å². The maximum Gasteiger partial charge on any atom is 0.319 e. The summed E-state index contributed by atoms with van der Waals surface area (Å²) in [6.07, 6.45) is 1.66. The molecule has 0 spiro atoms. The Morgan fingerprint density at radius 2 is 2.24 bits per heavy atom. The van der Waals surface area contributed by atoms with Crippen molar-refractivity contribution in [1.82, 2.24) is 9.78 Å². The monoisotopic (exact) mass is 233 g/mol. The number of anilines is 1. The quantitative estimate of drug-likeness (QED) is 0.474. The lowest BCUT2D eigenvalue weighted by atomic mass is 10.2. The minimum atomic E-state index is -0.485. The maximum absolute atomic E-state index is 11.1. The van der Waals surface area contributed by atoms with E-state index in [1.807, 2.05) is 6.92 Å². The SMILES string of the molecule is Cc1ccn(-c2cccc(NN)c2[N+](=O)[O-])n1. The van der Waals surface area contributed by atoms with E-state index in [0.29, 0.717) is 5.69 Å². The van der Waals surface area contributed by atoms with Crippen LogP contribution in [0.5, 0.6) is 0 Å². The van der Waals surface area contributed by atoms with Gasteiger partial charge >= 0.3 is 5.69 Å². The molecule has 7 heteroatoms. The van der Waals surface area contributed by atoms with Gasteiger partial charge in [-0.15, -0.1) is 0 Å². The van der Waals surface area contributed by atoms with Gasteiger partial charge in [-0.2, -0.15) is 5.10 Å². The number of hydrogen-bond donors (Lipinski definition) is 2. The van der Waals surface area contributed by atoms with Crippen molar-refractivity contribution in [3.05, 3.63) is 46.3 Å². The molecule has 0 atom stereocenters. The predicted octanol–water partition coefficient (Wildman–Crippen LogP) is 1.37. The molecule has 0 saturated carbocycles. The van der Waals surface area contributed by atoms with Crippen LogP contribution in [-0.4, -0.2) is 14.7 Å². The fraction of sp³-hybridized carbons (Fsp3) is 0.100. The van der Waals surface area contributed by atoms with Gasteiger partial charge < -0.3 is 5.43 Å². The summed E-state index contributed by atoms with van der Waals surface area (Å²) in [7, 11) is 0. The number of aryl methyl sites for hydroxylation is 1. The molecular formula is C10H11N5O2. The number of aromatic nitrogens is 2. The third-order valence-corrected chi connectivity index (χ3v) is 2.32. The average Bonchev–Trinajstić information content (AvgIpc) is 2.74. The summed E-state index contributed by atoms with van der Waals surface area (Å²) >= 11 is 0. The number of nitrogen functional groups attached to an aromatic ring is 1. The van der Waals surface area contributed by atoms with E-state index in [1.165, 1.54) is 10.7 Å². The highest BCUT2D eigenvalue weighted by Crippen LogP contribution is 2.30. The fourth-order valence-electron chi connectivity index (χ4n) is 1.57. The van der Waals surface area contributed by atoms with Crippen molar-refractivity contribution in [2.24, 2.45) is 5.84 Å². The number of nitrogens with zero attached hydrogens (tertiary/aromatic N) is 3. The molecule has 2 aromatic rings. The van der Waals surface area contributed by atoms with Crippen LogP contribution in [-0.2, 0) is 0 Å². The first-order chi connectivity index (χ1) is 8.13. The summed E-state index contributed by atoms with van der Waals surface area (Å²) in [5.41, 5.74) is 3.62. The van der Waals surface area contributed by atoms with Gasteiger partial charge in [0, 0.05) is 6.20 Å². The van der Waals surface area contributed by atoms with Gasteiger partial charge in [0.2, 0.25) is 0 Å². The van der Waals surface area contributed by atoms with E-state index >= 15 is 0 Å². The van der Waals surface area contributed by atoms with Gasteiger partial charge in [0.05, 0.1) is 10.6 Å². The zero-order valence-corrected chi connectivity index (χ0v) is 9.12. The van der Waals surface area contributed by atoms with Gasteiger partial charge in [0.1, 0.15) is 11.4 Å². The average molecular weight is 233 g/mol. The number of nitro groups is 1. The number of benzene rings is 1. The molecule has 0 aliphatic heterocycles. The van der Waals surface area contributed by atoms with Gasteiger partial charge in [-0.3, -0.25) is 16.0 Å². The largest absolute Gasteiger partial charge is 0.319 e. The molecule has 1 heterocycles. The fourth-order valence-corrected chi connectivity index (χ4v) is 1.57. The van der Waals surface area contributed by atoms with E-state index in [9.17, 15) is 10.1 Å². The van der Waals surface area contributed by atoms with Crippen molar-refractivity contribution in [1.29, 1.82) is 0 Å². The standard InChI is InChI=1S/C10H11N5O2/c1-7-5-6-14(13-7)9-4-2-3-8(12-11)10(9)15(16)17/h2-6,12H,11H2,1H3. The Balaban J connectivity index is 2.65. The first kappa shape index (κ1) is 11.1. The summed E-state index contributed by atoms with van der Waals surface area (Å²) < 4.78 is 1.45. The molecule has 3 N–H and O–H groups in total. The van der Waals surface area contributed by atoms with Crippen LogP contribution in [0.1, 0.15) is 5.69 Å². The van der Waals surface area contributed by atoms with Crippen LogP contribution >= 0.6 is 0 Å². The maximum atomic E-state index is 11.1. The van der Waals surface area contributed by atoms with Crippen LogP contribution in [0.25, 0.3) is 5.69 Å². The summed E-state index contributed by atoms with van der Waals surface area (Å²) in [6, 6.07) is 6.60. The van der Waals surface area contributed by atoms with Crippen LogP contribution in [0.4, 0.5) is 11.4 Å². The Hall–Kier alpha value is -2.41. The third-order valence-electron chi connectivity index (χ3n) is 2.32. The van der Waals surface area contributed by atoms with E-state index < -0.39 is 4.92 Å². The molecule has 0 fully saturated rings. The lowest BCUT2D eigenvalue weighted by Gasteiger charge is -2.06. The summed E-state index contributed by atoms with van der Waals surface area (Å²) in [5.74, 6) is 5.26. The Labute approximate surface area is 97.0 Å². The van der Waals surface area contributed by atoms with Crippen molar-refractivity contribution < 1.29 is 4.92 Å². The molecule has 0 unspecified atom stereocenters. The van der Waals surface area contributed by atoms with Gasteiger partial charge in [-0.05, 0) is 25.1 Å². The topological polar surface area (TPSA) is 99.0 Å². The highest BCUT2D eigenvalue weighted by Gasteiger charge is 2.20. The van der Waals surface area contributed by atoms with Crippen LogP contribution in [0, 0.1) is 17.0 Å². The molecule has 88 valence electrons. The van der Waals surface area contributed by atoms with Crippen molar-refractivity contribution in [3.8, 4) is 5.69 Å². The van der Waals surface area contributed by atoms with Crippen molar-refractivity contribution >= 4 is 11.4 Å². The Kier molecular flexibility index (Phi) is 2.75. The molecule has 2 rings (SSSR count). The summed E-state index contributed by atoms with van der Waals surface area (Å²) in [4.78, 5) is 10.6. The van der Waals surface area contributed by atoms with Crippen LogP contribution in [0.15, 0.2) is 30.5 Å². The predicted molar refractivity (Wildman–Crippen MR) is 62.8 cm³/mol. The van der Waals surface area contributed by atoms with Gasteiger partial charge in [0.15, 0.2) is 0 Å². The molecule has 0 bridgehead atoms. The molecule has 1 aromatic heterocycles. The molecule has 1 aromatic carbocycles. The molecule has 0 amide bonds. The minimum absolute atomic E-state index is 0.0990. The van der Waals surface area contributed by atoms with Crippen molar-refractivity contribution in [3.63, 3.8) is 0 Å². The zero-order chi connectivity index (χ0) is 12.4. The second-order valence-electron chi connectivity index (χ2n) is 3.48. The number of nitrogens with two attached hydrogens (primary N) is 1. The number of hydrazine groups is 1. The molecule has 0 saturated heterocycles. The minimum Gasteiger partial charge on any atom is -0.318 e. The second-order valence-corrected chi connectivity index (χ2v) is 3.48. The highest BCUT2D eigenvalue weighted by atomic mass is 16.6.